The van der Waals surface area contributed by atoms with Gasteiger partial charge in [0.1, 0.15) is 5.75 Å². The normalized spacial score (nSPS) is 13.4. The molecule has 0 fully saturated rings. The molecule has 2 aliphatic heterocycles. The van der Waals surface area contributed by atoms with Gasteiger partial charge in [-0.05, 0) is 53.5 Å². The zero-order chi connectivity index (χ0) is 22.2. The van der Waals surface area contributed by atoms with Crippen molar-refractivity contribution in [3.63, 3.8) is 0 Å². The van der Waals surface area contributed by atoms with Crippen LogP contribution in [0, 0.1) is 0 Å². The summed E-state index contributed by atoms with van der Waals surface area (Å²) in [4.78, 5) is 2.33. The minimum Gasteiger partial charge on any atom is -0.536 e. The number of hydrogen-bond donors (Lipinski definition) is 0. The minimum atomic E-state index is -0.158. The maximum atomic E-state index is 6.48. The number of para-hydroxylation sites is 5. The Bertz CT molecular complexity index is 1720. The van der Waals surface area contributed by atoms with Gasteiger partial charge in [-0.25, -0.2) is 0 Å². The molecule has 0 N–H and O–H groups in total. The lowest BCUT2D eigenvalue weighted by molar-refractivity contribution is 0.603. The number of aromatic nitrogens is 1. The lowest BCUT2D eigenvalue weighted by atomic mass is 9.64. The quantitative estimate of drug-likeness (QED) is 0.268. The van der Waals surface area contributed by atoms with E-state index in [0.29, 0.717) is 0 Å². The molecule has 0 bridgehead atoms. The second-order valence-corrected chi connectivity index (χ2v) is 8.97. The number of hydrogen-bond acceptors (Lipinski definition) is 2. The van der Waals surface area contributed by atoms with Crippen molar-refractivity contribution in [1.82, 2.24) is 4.57 Å². The SMILES string of the molecule is c1ccc2c(c1)OB1c3ccc(-n4c5ccccc5c5ccccc54)cc3-c3ccccc3N12. The van der Waals surface area contributed by atoms with Crippen LogP contribution in [-0.2, 0) is 0 Å². The Morgan fingerprint density at radius 2 is 1.21 bits per heavy atom. The largest absolute Gasteiger partial charge is 0.536 e. The highest BCUT2D eigenvalue weighted by molar-refractivity contribution is 6.77. The van der Waals surface area contributed by atoms with Crippen molar-refractivity contribution < 1.29 is 4.65 Å². The van der Waals surface area contributed by atoms with E-state index in [-0.39, 0.29) is 7.05 Å². The van der Waals surface area contributed by atoms with E-state index in [1.54, 1.807) is 0 Å². The standard InChI is InChI=1S/C30H19BN2O/c1-4-12-26-21(9-1)22-10-2-5-13-27(22)32(26)20-17-18-25-24(19-20)23-11-3-6-14-28(23)33-29-15-7-8-16-30(29)34-31(25)33/h1-19H. The van der Waals surface area contributed by atoms with Crippen LogP contribution >= 0.6 is 0 Å². The number of nitrogens with zero attached hydrogens (tertiary/aromatic N) is 2. The van der Waals surface area contributed by atoms with Crippen molar-refractivity contribution in [3.8, 4) is 22.6 Å². The summed E-state index contributed by atoms with van der Waals surface area (Å²) >= 11 is 0. The second-order valence-electron chi connectivity index (χ2n) is 8.97. The van der Waals surface area contributed by atoms with Gasteiger partial charge in [-0.3, -0.25) is 0 Å². The molecule has 3 nitrogen and oxygen atoms in total. The predicted molar refractivity (Wildman–Crippen MR) is 141 cm³/mol. The summed E-state index contributed by atoms with van der Waals surface area (Å²) in [7, 11) is -0.158. The Hall–Kier alpha value is -4.44. The monoisotopic (exact) mass is 434 g/mol. The molecule has 1 aromatic heterocycles. The highest BCUT2D eigenvalue weighted by atomic mass is 16.5. The Morgan fingerprint density at radius 1 is 0.559 bits per heavy atom. The fourth-order valence-electron chi connectivity index (χ4n) is 5.76. The van der Waals surface area contributed by atoms with Crippen LogP contribution in [0.3, 0.4) is 0 Å². The van der Waals surface area contributed by atoms with Crippen molar-refractivity contribution in [2.75, 3.05) is 4.81 Å². The number of anilines is 2. The van der Waals surface area contributed by atoms with Gasteiger partial charge in [0.15, 0.2) is 0 Å². The molecule has 0 radical (unpaired) electrons. The molecule has 0 saturated heterocycles. The molecule has 0 spiro atoms. The second kappa shape index (κ2) is 6.55. The maximum Gasteiger partial charge on any atom is 0.524 e. The Labute approximate surface area is 197 Å². The molecule has 2 aliphatic rings. The molecule has 0 aliphatic carbocycles. The minimum absolute atomic E-state index is 0.158. The molecule has 0 saturated carbocycles. The first-order valence-corrected chi connectivity index (χ1v) is 11.7. The molecular weight excluding hydrogens is 415 g/mol. The Kier molecular flexibility index (Phi) is 3.48. The van der Waals surface area contributed by atoms with Crippen LogP contribution in [0.1, 0.15) is 0 Å². The number of rotatable bonds is 1. The van der Waals surface area contributed by atoms with Crippen LogP contribution < -0.4 is 14.9 Å². The van der Waals surface area contributed by atoms with Gasteiger partial charge in [0.25, 0.3) is 0 Å². The molecule has 0 unspecified atom stereocenters. The van der Waals surface area contributed by atoms with E-state index in [1.807, 2.05) is 6.07 Å². The summed E-state index contributed by atoms with van der Waals surface area (Å²) in [6, 6.07) is 41.1. The van der Waals surface area contributed by atoms with Gasteiger partial charge in [0.05, 0.1) is 16.7 Å². The van der Waals surface area contributed by atoms with Gasteiger partial charge in [0, 0.05) is 27.7 Å². The third kappa shape index (κ3) is 2.27. The van der Waals surface area contributed by atoms with E-state index in [1.165, 1.54) is 44.1 Å². The fraction of sp³-hybridized carbons (Fsp3) is 0. The van der Waals surface area contributed by atoms with Crippen LogP contribution in [0.2, 0.25) is 0 Å². The molecule has 3 heterocycles. The molecular formula is C30H19BN2O. The predicted octanol–water partition coefficient (Wildman–Crippen LogP) is 6.69. The van der Waals surface area contributed by atoms with Crippen LogP contribution in [0.4, 0.5) is 11.4 Å². The van der Waals surface area contributed by atoms with Gasteiger partial charge in [0.2, 0.25) is 0 Å². The maximum absolute atomic E-state index is 6.48. The average Bonchev–Trinajstić information content (AvgIpc) is 3.45. The van der Waals surface area contributed by atoms with Crippen LogP contribution in [0.5, 0.6) is 5.75 Å². The van der Waals surface area contributed by atoms with Gasteiger partial charge < -0.3 is 14.0 Å². The smallest absolute Gasteiger partial charge is 0.524 e. The molecule has 4 heteroatoms. The van der Waals surface area contributed by atoms with Gasteiger partial charge in [-0.2, -0.15) is 0 Å². The molecule has 0 atom stereocenters. The molecule has 6 aromatic rings. The summed E-state index contributed by atoms with van der Waals surface area (Å²) in [5.74, 6) is 0.932. The lowest BCUT2D eigenvalue weighted by Gasteiger charge is -2.31. The fourth-order valence-corrected chi connectivity index (χ4v) is 5.76. The van der Waals surface area contributed by atoms with Crippen molar-refractivity contribution in [2.24, 2.45) is 0 Å². The topological polar surface area (TPSA) is 17.4 Å². The Morgan fingerprint density at radius 3 is 2.00 bits per heavy atom. The van der Waals surface area contributed by atoms with E-state index >= 15 is 0 Å². The molecule has 34 heavy (non-hydrogen) atoms. The first-order valence-electron chi connectivity index (χ1n) is 11.7. The first kappa shape index (κ1) is 18.0. The first-order chi connectivity index (χ1) is 16.9. The third-order valence-corrected chi connectivity index (χ3v) is 7.19. The van der Waals surface area contributed by atoms with Crippen molar-refractivity contribution in [2.45, 2.75) is 0 Å². The van der Waals surface area contributed by atoms with E-state index in [0.717, 1.165) is 17.1 Å². The molecule has 5 aromatic carbocycles. The van der Waals surface area contributed by atoms with Gasteiger partial charge in [-0.15, -0.1) is 0 Å². The summed E-state index contributed by atoms with van der Waals surface area (Å²) in [5.41, 5.74) is 9.56. The van der Waals surface area contributed by atoms with E-state index in [9.17, 15) is 0 Å². The molecule has 0 amide bonds. The Balaban J connectivity index is 1.40. The highest BCUT2D eigenvalue weighted by Gasteiger charge is 2.44. The van der Waals surface area contributed by atoms with Crippen molar-refractivity contribution >= 4 is 45.7 Å². The molecule has 158 valence electrons. The van der Waals surface area contributed by atoms with E-state index < -0.39 is 0 Å². The third-order valence-electron chi connectivity index (χ3n) is 7.19. The average molecular weight is 434 g/mol. The zero-order valence-electron chi connectivity index (χ0n) is 18.3. The lowest BCUT2D eigenvalue weighted by Crippen LogP contribution is -2.50. The zero-order valence-corrected chi connectivity index (χ0v) is 18.3. The summed E-state index contributed by atoms with van der Waals surface area (Å²) in [6.45, 7) is 0. The summed E-state index contributed by atoms with van der Waals surface area (Å²) in [5, 5.41) is 2.55. The van der Waals surface area contributed by atoms with Crippen LogP contribution in [0.25, 0.3) is 38.6 Å². The molecule has 8 rings (SSSR count). The van der Waals surface area contributed by atoms with E-state index in [4.69, 9.17) is 4.65 Å². The summed E-state index contributed by atoms with van der Waals surface area (Å²) in [6.07, 6.45) is 0. The van der Waals surface area contributed by atoms with Crippen LogP contribution in [0.15, 0.2) is 115 Å². The number of benzene rings is 5. The van der Waals surface area contributed by atoms with Gasteiger partial charge in [-0.1, -0.05) is 72.8 Å². The highest BCUT2D eigenvalue weighted by Crippen LogP contribution is 2.47. The van der Waals surface area contributed by atoms with Crippen molar-refractivity contribution in [1.29, 1.82) is 0 Å². The summed E-state index contributed by atoms with van der Waals surface area (Å²) < 4.78 is 8.86. The van der Waals surface area contributed by atoms with Crippen LogP contribution in [-0.4, -0.2) is 11.6 Å². The van der Waals surface area contributed by atoms with E-state index in [2.05, 4.69) is 119 Å². The number of fused-ring (bicyclic) bond motifs is 11. The van der Waals surface area contributed by atoms with Gasteiger partial charge >= 0.3 is 7.05 Å². The van der Waals surface area contributed by atoms with Crippen molar-refractivity contribution in [3.05, 3.63) is 115 Å².